The van der Waals surface area contributed by atoms with Gasteiger partial charge in [-0.2, -0.15) is 11.8 Å². The minimum Gasteiger partial charge on any atom is -0.496 e. The van der Waals surface area contributed by atoms with Crippen molar-refractivity contribution in [3.8, 4) is 5.75 Å². The quantitative estimate of drug-likeness (QED) is 0.788. The molecule has 1 heterocycles. The maximum atomic E-state index is 12.4. The molecule has 1 aromatic rings. The highest BCUT2D eigenvalue weighted by molar-refractivity contribution is 7.99. The standard InChI is InChI=1S/C14H18O3S/c1-9-7-12(16-3)10(2)6-11(9)14(15)13-8-18-5-4-17-13/h6-7,13H,4-5,8H2,1-3H3. The fourth-order valence-electron chi connectivity index (χ4n) is 2.09. The van der Waals surface area contributed by atoms with Crippen LogP contribution in [0.1, 0.15) is 21.5 Å². The summed E-state index contributed by atoms with van der Waals surface area (Å²) >= 11 is 1.77. The predicted octanol–water partition coefficient (Wildman–Crippen LogP) is 2.63. The van der Waals surface area contributed by atoms with Gasteiger partial charge in [0.1, 0.15) is 11.9 Å². The lowest BCUT2D eigenvalue weighted by Gasteiger charge is -2.22. The highest BCUT2D eigenvalue weighted by atomic mass is 32.2. The van der Waals surface area contributed by atoms with E-state index < -0.39 is 0 Å². The molecule has 3 nitrogen and oxygen atoms in total. The first-order valence-electron chi connectivity index (χ1n) is 6.02. The van der Waals surface area contributed by atoms with Gasteiger partial charge in [-0.05, 0) is 37.1 Å². The number of benzene rings is 1. The number of rotatable bonds is 3. The normalized spacial score (nSPS) is 19.6. The number of methoxy groups -OCH3 is 1. The number of carbonyl (C=O) groups excluding carboxylic acids is 1. The molecule has 1 aliphatic heterocycles. The molecule has 0 amide bonds. The zero-order valence-electron chi connectivity index (χ0n) is 11.0. The second kappa shape index (κ2) is 5.76. The molecule has 1 aliphatic rings. The summed E-state index contributed by atoms with van der Waals surface area (Å²) in [5.74, 6) is 2.64. The monoisotopic (exact) mass is 266 g/mol. The van der Waals surface area contributed by atoms with Crippen LogP contribution in [0.15, 0.2) is 12.1 Å². The van der Waals surface area contributed by atoms with Gasteiger partial charge < -0.3 is 9.47 Å². The van der Waals surface area contributed by atoms with Gasteiger partial charge in [-0.3, -0.25) is 4.79 Å². The zero-order chi connectivity index (χ0) is 13.1. The molecule has 0 spiro atoms. The molecule has 1 fully saturated rings. The van der Waals surface area contributed by atoms with Gasteiger partial charge in [0.2, 0.25) is 0 Å². The Morgan fingerprint density at radius 1 is 1.39 bits per heavy atom. The van der Waals surface area contributed by atoms with E-state index in [0.717, 1.165) is 33.9 Å². The van der Waals surface area contributed by atoms with Gasteiger partial charge in [-0.15, -0.1) is 0 Å². The molecule has 0 saturated carbocycles. The summed E-state index contributed by atoms with van der Waals surface area (Å²) < 4.78 is 10.8. The Labute approximate surface area is 112 Å². The summed E-state index contributed by atoms with van der Waals surface area (Å²) in [4.78, 5) is 12.4. The molecular weight excluding hydrogens is 248 g/mol. The molecule has 1 unspecified atom stereocenters. The van der Waals surface area contributed by atoms with Crippen molar-refractivity contribution in [3.63, 3.8) is 0 Å². The van der Waals surface area contributed by atoms with E-state index in [0.29, 0.717) is 6.61 Å². The van der Waals surface area contributed by atoms with E-state index in [1.54, 1.807) is 18.9 Å². The predicted molar refractivity (Wildman–Crippen MR) is 73.9 cm³/mol. The van der Waals surface area contributed by atoms with Crippen LogP contribution in [-0.4, -0.2) is 37.1 Å². The molecule has 98 valence electrons. The molecule has 4 heteroatoms. The maximum Gasteiger partial charge on any atom is 0.192 e. The van der Waals surface area contributed by atoms with E-state index in [1.807, 2.05) is 26.0 Å². The molecule has 1 atom stereocenters. The number of carbonyl (C=O) groups is 1. The lowest BCUT2D eigenvalue weighted by molar-refractivity contribution is 0.0518. The van der Waals surface area contributed by atoms with Crippen molar-refractivity contribution in [1.82, 2.24) is 0 Å². The van der Waals surface area contributed by atoms with Gasteiger partial charge >= 0.3 is 0 Å². The molecule has 0 radical (unpaired) electrons. The Hall–Kier alpha value is -1.00. The number of ether oxygens (including phenoxy) is 2. The van der Waals surface area contributed by atoms with Crippen molar-refractivity contribution in [2.75, 3.05) is 25.2 Å². The van der Waals surface area contributed by atoms with Gasteiger partial charge in [0.15, 0.2) is 5.78 Å². The summed E-state index contributed by atoms with van der Waals surface area (Å²) in [5.41, 5.74) is 2.68. The smallest absolute Gasteiger partial charge is 0.192 e. The van der Waals surface area contributed by atoms with Crippen LogP contribution >= 0.6 is 11.8 Å². The molecule has 0 N–H and O–H groups in total. The third kappa shape index (κ3) is 2.70. The van der Waals surface area contributed by atoms with E-state index in [2.05, 4.69) is 0 Å². The Bertz CT molecular complexity index is 451. The maximum absolute atomic E-state index is 12.4. The molecule has 2 rings (SSSR count). The number of hydrogen-bond acceptors (Lipinski definition) is 4. The van der Waals surface area contributed by atoms with Gasteiger partial charge in [-0.1, -0.05) is 0 Å². The minimum absolute atomic E-state index is 0.0884. The van der Waals surface area contributed by atoms with Crippen molar-refractivity contribution >= 4 is 17.5 Å². The third-order valence-electron chi connectivity index (χ3n) is 3.12. The van der Waals surface area contributed by atoms with Crippen molar-refractivity contribution in [1.29, 1.82) is 0 Å². The number of thioether (sulfide) groups is 1. The Balaban J connectivity index is 2.27. The highest BCUT2D eigenvalue weighted by Gasteiger charge is 2.25. The van der Waals surface area contributed by atoms with E-state index in [1.165, 1.54) is 0 Å². The number of ketones is 1. The Kier molecular flexibility index (Phi) is 4.30. The average Bonchev–Trinajstić information content (AvgIpc) is 2.41. The molecule has 0 aromatic heterocycles. The van der Waals surface area contributed by atoms with Crippen LogP contribution in [0, 0.1) is 13.8 Å². The Morgan fingerprint density at radius 3 is 2.78 bits per heavy atom. The van der Waals surface area contributed by atoms with Crippen molar-refractivity contribution in [2.24, 2.45) is 0 Å². The summed E-state index contributed by atoms with van der Waals surface area (Å²) in [6.45, 7) is 4.55. The second-order valence-electron chi connectivity index (χ2n) is 4.44. The summed E-state index contributed by atoms with van der Waals surface area (Å²) in [6, 6.07) is 3.82. The Morgan fingerprint density at radius 2 is 2.17 bits per heavy atom. The van der Waals surface area contributed by atoms with Crippen molar-refractivity contribution in [3.05, 3.63) is 28.8 Å². The van der Waals surface area contributed by atoms with Crippen LogP contribution in [0.3, 0.4) is 0 Å². The van der Waals surface area contributed by atoms with Crippen LogP contribution in [0.5, 0.6) is 5.75 Å². The van der Waals surface area contributed by atoms with E-state index in [-0.39, 0.29) is 11.9 Å². The lowest BCUT2D eigenvalue weighted by atomic mass is 9.98. The van der Waals surface area contributed by atoms with Crippen molar-refractivity contribution < 1.29 is 14.3 Å². The van der Waals surface area contributed by atoms with Crippen LogP contribution < -0.4 is 4.74 Å². The van der Waals surface area contributed by atoms with Crippen LogP contribution in [0.2, 0.25) is 0 Å². The van der Waals surface area contributed by atoms with E-state index in [9.17, 15) is 4.79 Å². The topological polar surface area (TPSA) is 35.5 Å². The highest BCUT2D eigenvalue weighted by Crippen LogP contribution is 2.25. The molecule has 0 bridgehead atoms. The van der Waals surface area contributed by atoms with Crippen LogP contribution in [0.25, 0.3) is 0 Å². The van der Waals surface area contributed by atoms with Crippen molar-refractivity contribution in [2.45, 2.75) is 20.0 Å². The van der Waals surface area contributed by atoms with E-state index >= 15 is 0 Å². The van der Waals surface area contributed by atoms with E-state index in [4.69, 9.17) is 9.47 Å². The zero-order valence-corrected chi connectivity index (χ0v) is 11.8. The summed E-state index contributed by atoms with van der Waals surface area (Å²) in [5, 5.41) is 0. The molecule has 1 saturated heterocycles. The first-order chi connectivity index (χ1) is 8.63. The second-order valence-corrected chi connectivity index (χ2v) is 5.59. The number of aryl methyl sites for hydroxylation is 2. The largest absolute Gasteiger partial charge is 0.496 e. The molecule has 18 heavy (non-hydrogen) atoms. The lowest BCUT2D eigenvalue weighted by Crippen LogP contribution is -2.32. The SMILES string of the molecule is COc1cc(C)c(C(=O)C2CSCCO2)cc1C. The molecule has 1 aromatic carbocycles. The average molecular weight is 266 g/mol. The van der Waals surface area contributed by atoms with Crippen LogP contribution in [-0.2, 0) is 4.74 Å². The van der Waals surface area contributed by atoms with Crippen LogP contribution in [0.4, 0.5) is 0 Å². The number of hydrogen-bond donors (Lipinski definition) is 0. The molecule has 0 aliphatic carbocycles. The third-order valence-corrected chi connectivity index (χ3v) is 4.11. The van der Waals surface area contributed by atoms with Gasteiger partial charge in [0.25, 0.3) is 0 Å². The summed E-state index contributed by atoms with van der Waals surface area (Å²) in [6.07, 6.45) is -0.296. The first kappa shape index (κ1) is 13.4. The van der Waals surface area contributed by atoms with Gasteiger partial charge in [0.05, 0.1) is 13.7 Å². The fraction of sp³-hybridized carbons (Fsp3) is 0.500. The minimum atomic E-state index is -0.296. The number of Topliss-reactive ketones (excluding diaryl/α,β-unsaturated/α-hetero) is 1. The molecular formula is C14H18O3S. The van der Waals surface area contributed by atoms with Gasteiger partial charge in [-0.25, -0.2) is 0 Å². The summed E-state index contributed by atoms with van der Waals surface area (Å²) in [7, 11) is 1.64. The van der Waals surface area contributed by atoms with Gasteiger partial charge in [0, 0.05) is 17.1 Å². The fourth-order valence-corrected chi connectivity index (χ4v) is 2.93. The first-order valence-corrected chi connectivity index (χ1v) is 7.17.